The Hall–Kier alpha value is -1.27. The summed E-state index contributed by atoms with van der Waals surface area (Å²) in [5, 5.41) is 0. The molecule has 0 bridgehead atoms. The number of rotatable bonds is 3. The molecule has 0 amide bonds. The molecule has 6 heteroatoms. The van der Waals surface area contributed by atoms with E-state index in [1.807, 2.05) is 0 Å². The number of benzene rings is 1. The molecular formula is C11H19N3O2S. The maximum atomic E-state index is 11.8. The van der Waals surface area contributed by atoms with Crippen LogP contribution in [-0.4, -0.2) is 14.0 Å². The minimum Gasteiger partial charge on any atom is -0.399 e. The Morgan fingerprint density at radius 2 is 1.82 bits per heavy atom. The van der Waals surface area contributed by atoms with E-state index >= 15 is 0 Å². The molecule has 0 fully saturated rings. The lowest BCUT2D eigenvalue weighted by Crippen LogP contribution is -2.43. The number of nitrogens with two attached hydrogens (primary N) is 1. The van der Waals surface area contributed by atoms with Gasteiger partial charge in [-0.3, -0.25) is 4.72 Å². The fourth-order valence-corrected chi connectivity index (χ4v) is 2.75. The van der Waals surface area contributed by atoms with Gasteiger partial charge in [0.15, 0.2) is 0 Å². The highest BCUT2D eigenvalue weighted by molar-refractivity contribution is 7.90. The molecule has 5 nitrogen and oxygen atoms in total. The first-order chi connectivity index (χ1) is 7.59. The zero-order valence-corrected chi connectivity index (χ0v) is 11.4. The molecule has 17 heavy (non-hydrogen) atoms. The van der Waals surface area contributed by atoms with Crippen molar-refractivity contribution in [1.29, 1.82) is 0 Å². The second-order valence-electron chi connectivity index (χ2n) is 5.03. The van der Waals surface area contributed by atoms with Crippen LogP contribution in [0.3, 0.4) is 0 Å². The summed E-state index contributed by atoms with van der Waals surface area (Å²) in [6.45, 7) is 7.14. The van der Waals surface area contributed by atoms with Crippen LogP contribution < -0.4 is 15.2 Å². The van der Waals surface area contributed by atoms with Crippen LogP contribution >= 0.6 is 0 Å². The van der Waals surface area contributed by atoms with Gasteiger partial charge in [-0.25, -0.2) is 0 Å². The van der Waals surface area contributed by atoms with Crippen LogP contribution in [0, 0.1) is 6.92 Å². The van der Waals surface area contributed by atoms with Crippen LogP contribution in [-0.2, 0) is 10.2 Å². The summed E-state index contributed by atoms with van der Waals surface area (Å²) in [6.07, 6.45) is 0. The molecular weight excluding hydrogens is 238 g/mol. The predicted molar refractivity (Wildman–Crippen MR) is 71.0 cm³/mol. The van der Waals surface area contributed by atoms with E-state index < -0.39 is 15.7 Å². The molecule has 0 aliphatic carbocycles. The highest BCUT2D eigenvalue weighted by atomic mass is 32.2. The van der Waals surface area contributed by atoms with Crippen molar-refractivity contribution < 1.29 is 8.42 Å². The average Bonchev–Trinajstić information content (AvgIpc) is 2.05. The van der Waals surface area contributed by atoms with Crippen molar-refractivity contribution in [2.45, 2.75) is 33.2 Å². The zero-order valence-electron chi connectivity index (χ0n) is 10.5. The van der Waals surface area contributed by atoms with E-state index in [-0.39, 0.29) is 0 Å². The lowest BCUT2D eigenvalue weighted by Gasteiger charge is -2.21. The molecule has 1 aromatic carbocycles. The Labute approximate surface area is 103 Å². The van der Waals surface area contributed by atoms with Crippen LogP contribution in [0.2, 0.25) is 0 Å². The minimum atomic E-state index is -3.57. The van der Waals surface area contributed by atoms with Crippen LogP contribution in [0.15, 0.2) is 18.2 Å². The van der Waals surface area contributed by atoms with Gasteiger partial charge in [0.2, 0.25) is 0 Å². The largest absolute Gasteiger partial charge is 0.399 e. The van der Waals surface area contributed by atoms with Gasteiger partial charge < -0.3 is 5.73 Å². The van der Waals surface area contributed by atoms with Gasteiger partial charge in [-0.05, 0) is 51.5 Å². The molecule has 4 N–H and O–H groups in total. The summed E-state index contributed by atoms with van der Waals surface area (Å²) < 4.78 is 28.6. The minimum absolute atomic E-state index is 0.520. The standard InChI is InChI=1S/C11H19N3O2S/c1-8-7-9(12)5-6-10(8)13-17(15,16)14-11(2,3)4/h5-7,13-14H,12H2,1-4H3. The zero-order chi connectivity index (χ0) is 13.3. The number of nitrogen functional groups attached to an aromatic ring is 1. The summed E-state index contributed by atoms with van der Waals surface area (Å²) in [7, 11) is -3.57. The summed E-state index contributed by atoms with van der Waals surface area (Å²) in [5.74, 6) is 0. The van der Waals surface area contributed by atoms with Crippen molar-refractivity contribution in [2.24, 2.45) is 0 Å². The number of anilines is 2. The molecule has 0 aliphatic heterocycles. The number of nitrogens with one attached hydrogen (secondary N) is 2. The monoisotopic (exact) mass is 257 g/mol. The van der Waals surface area contributed by atoms with Gasteiger partial charge in [0.25, 0.3) is 10.2 Å². The van der Waals surface area contributed by atoms with Crippen LogP contribution in [0.25, 0.3) is 0 Å². The first-order valence-corrected chi connectivity index (χ1v) is 6.75. The molecule has 0 saturated heterocycles. The topological polar surface area (TPSA) is 84.2 Å². The van der Waals surface area contributed by atoms with Gasteiger partial charge >= 0.3 is 0 Å². The highest BCUT2D eigenvalue weighted by Crippen LogP contribution is 2.18. The van der Waals surface area contributed by atoms with E-state index in [1.54, 1.807) is 45.9 Å². The third-order valence-corrected chi connectivity index (χ3v) is 3.31. The molecule has 96 valence electrons. The second kappa shape index (κ2) is 4.54. The fraction of sp³-hybridized carbons (Fsp3) is 0.455. The molecule has 0 unspecified atom stereocenters. The van der Waals surface area contributed by atoms with Gasteiger partial charge in [0.1, 0.15) is 0 Å². The molecule has 0 aliphatic rings. The number of hydrogen-bond acceptors (Lipinski definition) is 3. The summed E-state index contributed by atoms with van der Waals surface area (Å²) in [4.78, 5) is 0. The van der Waals surface area contributed by atoms with Crippen molar-refractivity contribution >= 4 is 21.6 Å². The molecule has 0 radical (unpaired) electrons. The molecule has 1 aromatic rings. The lowest BCUT2D eigenvalue weighted by molar-refractivity contribution is 0.494. The Morgan fingerprint density at radius 3 is 2.29 bits per heavy atom. The normalized spacial score (nSPS) is 12.5. The Morgan fingerprint density at radius 1 is 1.24 bits per heavy atom. The van der Waals surface area contributed by atoms with Gasteiger partial charge in [-0.15, -0.1) is 0 Å². The summed E-state index contributed by atoms with van der Waals surface area (Å²) in [6, 6.07) is 5.02. The Balaban J connectivity index is 2.91. The van der Waals surface area contributed by atoms with Crippen molar-refractivity contribution in [2.75, 3.05) is 10.5 Å². The maximum Gasteiger partial charge on any atom is 0.299 e. The van der Waals surface area contributed by atoms with E-state index in [9.17, 15) is 8.42 Å². The maximum absolute atomic E-state index is 11.8. The van der Waals surface area contributed by atoms with Gasteiger partial charge in [0, 0.05) is 11.2 Å². The van der Waals surface area contributed by atoms with E-state index in [1.165, 1.54) is 0 Å². The van der Waals surface area contributed by atoms with Gasteiger partial charge in [0.05, 0.1) is 5.69 Å². The third-order valence-electron chi connectivity index (χ3n) is 1.94. The quantitative estimate of drug-likeness (QED) is 0.719. The van der Waals surface area contributed by atoms with Crippen molar-refractivity contribution in [3.05, 3.63) is 23.8 Å². The predicted octanol–water partition coefficient (Wildman–Crippen LogP) is 1.62. The van der Waals surface area contributed by atoms with Crippen LogP contribution in [0.4, 0.5) is 11.4 Å². The molecule has 0 aromatic heterocycles. The molecule has 0 atom stereocenters. The Kier molecular flexibility index (Phi) is 3.68. The highest BCUT2D eigenvalue weighted by Gasteiger charge is 2.20. The lowest BCUT2D eigenvalue weighted by atomic mass is 10.1. The summed E-state index contributed by atoms with van der Waals surface area (Å²) >= 11 is 0. The van der Waals surface area contributed by atoms with Crippen LogP contribution in [0.1, 0.15) is 26.3 Å². The van der Waals surface area contributed by atoms with Crippen molar-refractivity contribution in [1.82, 2.24) is 4.72 Å². The third kappa shape index (κ3) is 4.62. The molecule has 0 spiro atoms. The van der Waals surface area contributed by atoms with Crippen molar-refractivity contribution in [3.8, 4) is 0 Å². The number of aryl methyl sites for hydroxylation is 1. The summed E-state index contributed by atoms with van der Waals surface area (Å²) in [5.41, 5.74) is 6.99. The molecule has 1 rings (SSSR count). The number of hydrogen-bond donors (Lipinski definition) is 3. The van der Waals surface area contributed by atoms with E-state index in [0.29, 0.717) is 11.4 Å². The fourth-order valence-electron chi connectivity index (χ4n) is 1.37. The van der Waals surface area contributed by atoms with E-state index in [0.717, 1.165) is 5.56 Å². The molecule has 0 heterocycles. The van der Waals surface area contributed by atoms with E-state index in [2.05, 4.69) is 9.44 Å². The Bertz CT molecular complexity index is 504. The van der Waals surface area contributed by atoms with Crippen molar-refractivity contribution in [3.63, 3.8) is 0 Å². The van der Waals surface area contributed by atoms with Gasteiger partial charge in [-0.1, -0.05) is 0 Å². The molecule has 0 saturated carbocycles. The second-order valence-corrected chi connectivity index (χ2v) is 6.45. The smallest absolute Gasteiger partial charge is 0.299 e. The van der Waals surface area contributed by atoms with Gasteiger partial charge in [-0.2, -0.15) is 13.1 Å². The first-order valence-electron chi connectivity index (χ1n) is 5.27. The average molecular weight is 257 g/mol. The first kappa shape index (κ1) is 13.8. The SMILES string of the molecule is Cc1cc(N)ccc1NS(=O)(=O)NC(C)(C)C. The van der Waals surface area contributed by atoms with E-state index in [4.69, 9.17) is 5.73 Å². The van der Waals surface area contributed by atoms with Crippen LogP contribution in [0.5, 0.6) is 0 Å².